The topological polar surface area (TPSA) is 87.1 Å². The molecular weight excluding hydrogens is 431 g/mol. The highest BCUT2D eigenvalue weighted by Gasteiger charge is 2.52. The standard InChI is InChI=1S/C27H25FN4O2/c28-23-2-1-13-30-24(23)16-33-22-11-9-20(10-12-22)27(15-17-3-6-21(27)14-17)19-7-4-18(5-8-19)25-31-32-26(29)34-25/h1-2,4-5,7-13,17,21H,3,6,14-16H2,(H2,29,32)/t17-,21+,27+/m1/s1. The smallest absolute Gasteiger partial charge is 0.313 e. The van der Waals surface area contributed by atoms with Gasteiger partial charge >= 0.3 is 6.01 Å². The molecule has 4 aromatic rings. The number of benzene rings is 2. The van der Waals surface area contributed by atoms with Crippen molar-refractivity contribution >= 4 is 6.01 Å². The number of hydrogen-bond donors (Lipinski definition) is 1. The first-order valence-electron chi connectivity index (χ1n) is 11.6. The number of hydrogen-bond acceptors (Lipinski definition) is 6. The van der Waals surface area contributed by atoms with E-state index >= 15 is 0 Å². The lowest BCUT2D eigenvalue weighted by Gasteiger charge is -2.39. The molecule has 2 aliphatic rings. The third-order valence-electron chi connectivity index (χ3n) is 7.52. The zero-order valence-corrected chi connectivity index (χ0v) is 18.7. The minimum absolute atomic E-state index is 0.0268. The third-order valence-corrected chi connectivity index (χ3v) is 7.52. The summed E-state index contributed by atoms with van der Waals surface area (Å²) in [5, 5.41) is 7.76. The Morgan fingerprint density at radius 2 is 1.76 bits per heavy atom. The van der Waals surface area contributed by atoms with Crippen LogP contribution >= 0.6 is 0 Å². The number of aromatic nitrogens is 3. The Kier molecular flexibility index (Phi) is 5.05. The van der Waals surface area contributed by atoms with Crippen LogP contribution in [0.1, 0.15) is 42.5 Å². The van der Waals surface area contributed by atoms with E-state index in [1.165, 1.54) is 36.5 Å². The van der Waals surface area contributed by atoms with Gasteiger partial charge in [0.15, 0.2) is 0 Å². The van der Waals surface area contributed by atoms with Crippen molar-refractivity contribution in [2.75, 3.05) is 5.73 Å². The van der Waals surface area contributed by atoms with E-state index in [0.717, 1.165) is 17.9 Å². The molecule has 0 aliphatic heterocycles. The van der Waals surface area contributed by atoms with Crippen LogP contribution in [0.25, 0.3) is 11.5 Å². The van der Waals surface area contributed by atoms with Crippen molar-refractivity contribution < 1.29 is 13.5 Å². The molecule has 0 unspecified atom stereocenters. The van der Waals surface area contributed by atoms with Gasteiger partial charge in [-0.15, -0.1) is 5.10 Å². The molecule has 0 amide bonds. The molecule has 7 heteroatoms. The lowest BCUT2D eigenvalue weighted by atomic mass is 9.64. The summed E-state index contributed by atoms with van der Waals surface area (Å²) in [6.45, 7) is 0.101. The van der Waals surface area contributed by atoms with Gasteiger partial charge in [-0.05, 0) is 78.6 Å². The average molecular weight is 457 g/mol. The zero-order chi connectivity index (χ0) is 23.1. The molecule has 6 nitrogen and oxygen atoms in total. The zero-order valence-electron chi connectivity index (χ0n) is 18.7. The van der Waals surface area contributed by atoms with Gasteiger partial charge in [0, 0.05) is 17.2 Å². The van der Waals surface area contributed by atoms with E-state index in [0.29, 0.717) is 23.3 Å². The predicted molar refractivity (Wildman–Crippen MR) is 125 cm³/mol. The second kappa shape index (κ2) is 8.24. The fourth-order valence-corrected chi connectivity index (χ4v) is 5.99. The SMILES string of the molecule is Nc1nnc(-c2ccc([C@]3(c4ccc(OCc5ncccc5F)cc4)C[C@@H]4CC[C@H]3C4)cc2)o1. The predicted octanol–water partition coefficient (Wildman–Crippen LogP) is 5.54. The van der Waals surface area contributed by atoms with E-state index in [-0.39, 0.29) is 23.9 Å². The fourth-order valence-electron chi connectivity index (χ4n) is 5.99. The van der Waals surface area contributed by atoms with Crippen molar-refractivity contribution in [3.63, 3.8) is 0 Å². The van der Waals surface area contributed by atoms with Crippen LogP contribution in [-0.2, 0) is 12.0 Å². The van der Waals surface area contributed by atoms with Gasteiger partial charge in [0.25, 0.3) is 0 Å². The van der Waals surface area contributed by atoms with Crippen molar-refractivity contribution in [1.82, 2.24) is 15.2 Å². The third kappa shape index (κ3) is 3.52. The Bertz CT molecular complexity index is 1300. The molecular formula is C27H25FN4O2. The number of nitrogen functional groups attached to an aromatic ring is 1. The summed E-state index contributed by atoms with van der Waals surface area (Å²) < 4.78 is 25.1. The maximum atomic E-state index is 13.9. The highest BCUT2D eigenvalue weighted by Crippen LogP contribution is 2.60. The normalized spacial score (nSPS) is 23.3. The molecule has 0 radical (unpaired) electrons. The number of rotatable bonds is 6. The molecule has 6 rings (SSSR count). The summed E-state index contributed by atoms with van der Waals surface area (Å²) >= 11 is 0. The van der Waals surface area contributed by atoms with Gasteiger partial charge in [-0.1, -0.05) is 35.8 Å². The van der Waals surface area contributed by atoms with Gasteiger partial charge < -0.3 is 14.9 Å². The van der Waals surface area contributed by atoms with Crippen LogP contribution in [-0.4, -0.2) is 15.2 Å². The highest BCUT2D eigenvalue weighted by molar-refractivity contribution is 5.56. The van der Waals surface area contributed by atoms with Gasteiger partial charge in [0.2, 0.25) is 5.89 Å². The first-order chi connectivity index (χ1) is 16.6. The van der Waals surface area contributed by atoms with Crippen molar-refractivity contribution in [2.24, 2.45) is 11.8 Å². The van der Waals surface area contributed by atoms with Gasteiger partial charge in [-0.25, -0.2) is 4.39 Å². The maximum absolute atomic E-state index is 13.9. The Morgan fingerprint density at radius 3 is 2.38 bits per heavy atom. The van der Waals surface area contributed by atoms with E-state index in [4.69, 9.17) is 14.9 Å². The number of nitrogens with zero attached hydrogens (tertiary/aromatic N) is 3. The average Bonchev–Trinajstić information content (AvgIpc) is 3.61. The molecule has 2 fully saturated rings. The van der Waals surface area contributed by atoms with E-state index in [9.17, 15) is 4.39 Å². The van der Waals surface area contributed by atoms with Crippen LogP contribution in [0.15, 0.2) is 71.3 Å². The van der Waals surface area contributed by atoms with Crippen molar-refractivity contribution in [3.05, 3.63) is 89.5 Å². The number of pyridine rings is 1. The number of ether oxygens (including phenoxy) is 1. The summed E-state index contributed by atoms with van der Waals surface area (Å²) in [7, 11) is 0. The van der Waals surface area contributed by atoms with Crippen molar-refractivity contribution in [3.8, 4) is 17.2 Å². The first-order valence-corrected chi connectivity index (χ1v) is 11.6. The van der Waals surface area contributed by atoms with E-state index in [2.05, 4.69) is 39.4 Å². The van der Waals surface area contributed by atoms with Crippen LogP contribution in [0.4, 0.5) is 10.4 Å². The molecule has 34 heavy (non-hydrogen) atoms. The molecule has 2 heterocycles. The number of nitrogens with two attached hydrogens (primary N) is 1. The van der Waals surface area contributed by atoms with Crippen LogP contribution in [0.5, 0.6) is 5.75 Å². The van der Waals surface area contributed by atoms with Crippen LogP contribution in [0.2, 0.25) is 0 Å². The van der Waals surface area contributed by atoms with Gasteiger partial charge in [-0.3, -0.25) is 4.98 Å². The number of halogens is 1. The van der Waals surface area contributed by atoms with E-state index in [1.807, 2.05) is 24.3 Å². The van der Waals surface area contributed by atoms with E-state index < -0.39 is 0 Å². The molecule has 3 atom stereocenters. The molecule has 172 valence electrons. The molecule has 0 spiro atoms. The van der Waals surface area contributed by atoms with Crippen molar-refractivity contribution in [1.29, 1.82) is 0 Å². The largest absolute Gasteiger partial charge is 0.487 e. The number of anilines is 1. The maximum Gasteiger partial charge on any atom is 0.313 e. The Hall–Kier alpha value is -3.74. The van der Waals surface area contributed by atoms with Crippen LogP contribution in [0, 0.1) is 17.7 Å². The van der Waals surface area contributed by atoms with Crippen molar-refractivity contribution in [2.45, 2.75) is 37.7 Å². The molecule has 2 aromatic carbocycles. The van der Waals surface area contributed by atoms with Crippen LogP contribution in [0.3, 0.4) is 0 Å². The Morgan fingerprint density at radius 1 is 1.00 bits per heavy atom. The summed E-state index contributed by atoms with van der Waals surface area (Å²) in [5.41, 5.74) is 9.32. The number of fused-ring (bicyclic) bond motifs is 2. The summed E-state index contributed by atoms with van der Waals surface area (Å²) in [4.78, 5) is 4.06. The lowest BCUT2D eigenvalue weighted by Crippen LogP contribution is -2.34. The second-order valence-corrected chi connectivity index (χ2v) is 9.32. The van der Waals surface area contributed by atoms with Gasteiger partial charge in [-0.2, -0.15) is 0 Å². The molecule has 2 aromatic heterocycles. The molecule has 2 bridgehead atoms. The van der Waals surface area contributed by atoms with E-state index in [1.54, 1.807) is 12.3 Å². The molecule has 2 N–H and O–H groups in total. The van der Waals surface area contributed by atoms with Crippen LogP contribution < -0.4 is 10.5 Å². The molecule has 2 aliphatic carbocycles. The first kappa shape index (κ1) is 20.8. The quantitative estimate of drug-likeness (QED) is 0.410. The summed E-state index contributed by atoms with van der Waals surface area (Å²) in [5.74, 6) is 2.14. The molecule has 2 saturated carbocycles. The second-order valence-electron chi connectivity index (χ2n) is 9.32. The monoisotopic (exact) mass is 456 g/mol. The van der Waals surface area contributed by atoms with Gasteiger partial charge in [0.05, 0.1) is 0 Å². The minimum atomic E-state index is -0.355. The lowest BCUT2D eigenvalue weighted by molar-refractivity contribution is 0.292. The Balaban J connectivity index is 1.28. The molecule has 0 saturated heterocycles. The summed E-state index contributed by atoms with van der Waals surface area (Å²) in [6, 6.07) is 19.8. The van der Waals surface area contributed by atoms with Gasteiger partial charge in [0.1, 0.15) is 23.9 Å². The Labute approximate surface area is 197 Å². The fraction of sp³-hybridized carbons (Fsp3) is 0.296. The summed E-state index contributed by atoms with van der Waals surface area (Å²) in [6.07, 6.45) is 6.53. The highest BCUT2D eigenvalue weighted by atomic mass is 19.1. The minimum Gasteiger partial charge on any atom is -0.487 e.